The van der Waals surface area contributed by atoms with E-state index in [4.69, 9.17) is 0 Å². The third-order valence-corrected chi connectivity index (χ3v) is 1.20. The molecule has 0 aliphatic heterocycles. The van der Waals surface area contributed by atoms with Gasteiger partial charge >= 0.3 is 5.97 Å². The van der Waals surface area contributed by atoms with Crippen LogP contribution in [-0.4, -0.2) is 13.1 Å². The zero-order valence-corrected chi connectivity index (χ0v) is 8.59. The van der Waals surface area contributed by atoms with Gasteiger partial charge in [0.1, 0.15) is 0 Å². The van der Waals surface area contributed by atoms with Crippen molar-refractivity contribution >= 4 is 5.97 Å². The minimum absolute atomic E-state index is 0.245. The van der Waals surface area contributed by atoms with E-state index in [2.05, 4.69) is 16.9 Å². The van der Waals surface area contributed by atoms with Crippen LogP contribution >= 0.6 is 0 Å². The first-order valence-corrected chi connectivity index (χ1v) is 4.47. The van der Waals surface area contributed by atoms with Gasteiger partial charge in [0.25, 0.3) is 0 Å². The first-order chi connectivity index (χ1) is 5.77. The van der Waals surface area contributed by atoms with Crippen molar-refractivity contribution in [3.05, 3.63) is 12.2 Å². The molecule has 1 aliphatic rings. The molecule has 2 heteroatoms. The molecule has 1 rings (SSSR count). The van der Waals surface area contributed by atoms with E-state index in [0.717, 1.165) is 0 Å². The lowest BCUT2D eigenvalue weighted by molar-refractivity contribution is -0.137. The molecule has 0 heterocycles. The van der Waals surface area contributed by atoms with Gasteiger partial charge in [0.15, 0.2) is 0 Å². The third-order valence-electron chi connectivity index (χ3n) is 1.20. The molecule has 12 heavy (non-hydrogen) atoms. The zero-order chi connectivity index (χ0) is 9.82. The average Bonchev–Trinajstić information content (AvgIpc) is 2.65. The standard InChI is InChI=1S/C5H8.C3H6O2.C2H6/c1-2-4-5-3-1;1-3(4)5-2;1-2/h1-2H,3-5H2;1-2H3;1-2H3. The molecule has 1 aliphatic carbocycles. The summed E-state index contributed by atoms with van der Waals surface area (Å²) in [5.41, 5.74) is 0. The van der Waals surface area contributed by atoms with Gasteiger partial charge in [-0.25, -0.2) is 0 Å². The van der Waals surface area contributed by atoms with E-state index in [-0.39, 0.29) is 5.97 Å². The number of esters is 1. The van der Waals surface area contributed by atoms with Crippen LogP contribution in [0.25, 0.3) is 0 Å². The van der Waals surface area contributed by atoms with Crippen molar-refractivity contribution in [1.82, 2.24) is 0 Å². The van der Waals surface area contributed by atoms with Gasteiger partial charge in [-0.15, -0.1) is 0 Å². The lowest BCUT2D eigenvalue weighted by Gasteiger charge is -1.80. The number of hydrogen-bond donors (Lipinski definition) is 0. The molecular weight excluding hydrogens is 152 g/mol. The summed E-state index contributed by atoms with van der Waals surface area (Å²) >= 11 is 0. The van der Waals surface area contributed by atoms with Crippen molar-refractivity contribution in [3.8, 4) is 0 Å². The second kappa shape index (κ2) is 12.8. The maximum atomic E-state index is 9.59. The SMILES string of the molecule is C1=CCCC1.CC.COC(C)=O. The summed E-state index contributed by atoms with van der Waals surface area (Å²) in [7, 11) is 1.35. The van der Waals surface area contributed by atoms with E-state index in [0.29, 0.717) is 0 Å². The molecule has 0 aromatic heterocycles. The van der Waals surface area contributed by atoms with Crippen LogP contribution in [0.5, 0.6) is 0 Å². The Labute approximate surface area is 75.6 Å². The van der Waals surface area contributed by atoms with Crippen LogP contribution < -0.4 is 0 Å². The normalized spacial score (nSPS) is 12.0. The molecule has 0 spiro atoms. The fourth-order valence-electron chi connectivity index (χ4n) is 0.589. The quantitative estimate of drug-likeness (QED) is 0.415. The molecule has 0 aromatic carbocycles. The van der Waals surface area contributed by atoms with Crippen LogP contribution in [-0.2, 0) is 9.53 Å². The van der Waals surface area contributed by atoms with Crippen molar-refractivity contribution in [2.75, 3.05) is 7.11 Å². The number of ether oxygens (including phenoxy) is 1. The fraction of sp³-hybridized carbons (Fsp3) is 0.700. The van der Waals surface area contributed by atoms with Crippen LogP contribution in [0.2, 0.25) is 0 Å². The lowest BCUT2D eigenvalue weighted by Crippen LogP contribution is -1.88. The van der Waals surface area contributed by atoms with E-state index in [1.807, 2.05) is 13.8 Å². The number of methoxy groups -OCH3 is 1. The third kappa shape index (κ3) is 16.1. The summed E-state index contributed by atoms with van der Waals surface area (Å²) in [5.74, 6) is -0.245. The zero-order valence-electron chi connectivity index (χ0n) is 8.59. The summed E-state index contributed by atoms with van der Waals surface area (Å²) in [5, 5.41) is 0. The molecule has 0 atom stereocenters. The molecule has 0 aromatic rings. The van der Waals surface area contributed by atoms with Gasteiger partial charge in [-0.3, -0.25) is 4.79 Å². The number of carbonyl (C=O) groups excluding carboxylic acids is 1. The van der Waals surface area contributed by atoms with Gasteiger partial charge in [0.2, 0.25) is 0 Å². The molecular formula is C10H20O2. The fourth-order valence-corrected chi connectivity index (χ4v) is 0.589. The summed E-state index contributed by atoms with van der Waals surface area (Å²) in [6.07, 6.45) is 8.50. The van der Waals surface area contributed by atoms with Gasteiger partial charge in [-0.1, -0.05) is 26.0 Å². The number of hydrogen-bond acceptors (Lipinski definition) is 2. The molecule has 0 bridgehead atoms. The van der Waals surface area contributed by atoms with Gasteiger partial charge in [-0.05, 0) is 19.3 Å². The molecule has 72 valence electrons. The molecule has 0 saturated heterocycles. The van der Waals surface area contributed by atoms with Crippen molar-refractivity contribution in [1.29, 1.82) is 0 Å². The maximum absolute atomic E-state index is 9.59. The monoisotopic (exact) mass is 172 g/mol. The van der Waals surface area contributed by atoms with Gasteiger partial charge < -0.3 is 4.74 Å². The second-order valence-electron chi connectivity index (χ2n) is 2.10. The highest BCUT2D eigenvalue weighted by molar-refractivity contribution is 5.65. The molecule has 0 unspecified atom stereocenters. The number of rotatable bonds is 0. The van der Waals surface area contributed by atoms with Crippen LogP contribution in [0.4, 0.5) is 0 Å². The Morgan fingerprint density at radius 3 is 1.67 bits per heavy atom. The van der Waals surface area contributed by atoms with Crippen LogP contribution in [0.3, 0.4) is 0 Å². The number of carbonyl (C=O) groups is 1. The highest BCUT2D eigenvalue weighted by atomic mass is 16.5. The predicted octanol–water partition coefficient (Wildman–Crippen LogP) is 2.93. The molecule has 0 saturated carbocycles. The summed E-state index contributed by atoms with van der Waals surface area (Å²) < 4.78 is 4.11. The van der Waals surface area contributed by atoms with E-state index < -0.39 is 0 Å². The first-order valence-electron chi connectivity index (χ1n) is 4.47. The van der Waals surface area contributed by atoms with E-state index in [9.17, 15) is 4.79 Å². The van der Waals surface area contributed by atoms with E-state index >= 15 is 0 Å². The Hall–Kier alpha value is -0.790. The molecule has 0 amide bonds. The largest absolute Gasteiger partial charge is 0.469 e. The maximum Gasteiger partial charge on any atom is 0.302 e. The predicted molar refractivity (Wildman–Crippen MR) is 52.0 cm³/mol. The lowest BCUT2D eigenvalue weighted by atomic mass is 10.4. The first kappa shape index (κ1) is 13.8. The molecule has 0 fully saturated rings. The minimum atomic E-state index is -0.245. The van der Waals surface area contributed by atoms with Crippen LogP contribution in [0, 0.1) is 0 Å². The van der Waals surface area contributed by atoms with E-state index in [1.54, 1.807) is 0 Å². The Bertz CT molecular complexity index is 111. The topological polar surface area (TPSA) is 26.3 Å². The summed E-state index contributed by atoms with van der Waals surface area (Å²) in [6, 6.07) is 0. The highest BCUT2D eigenvalue weighted by Crippen LogP contribution is 2.05. The smallest absolute Gasteiger partial charge is 0.302 e. The van der Waals surface area contributed by atoms with Crippen molar-refractivity contribution in [3.63, 3.8) is 0 Å². The second-order valence-corrected chi connectivity index (χ2v) is 2.10. The Morgan fingerprint density at radius 1 is 1.25 bits per heavy atom. The summed E-state index contributed by atoms with van der Waals surface area (Å²) in [4.78, 5) is 9.59. The van der Waals surface area contributed by atoms with Gasteiger partial charge in [0.05, 0.1) is 7.11 Å². The Morgan fingerprint density at radius 2 is 1.58 bits per heavy atom. The molecule has 2 nitrogen and oxygen atoms in total. The Balaban J connectivity index is 0. The van der Waals surface area contributed by atoms with Crippen molar-refractivity contribution < 1.29 is 9.53 Å². The van der Waals surface area contributed by atoms with Crippen LogP contribution in [0.1, 0.15) is 40.0 Å². The summed E-state index contributed by atoms with van der Waals surface area (Å²) in [6.45, 7) is 5.36. The van der Waals surface area contributed by atoms with E-state index in [1.165, 1.54) is 33.3 Å². The number of allylic oxidation sites excluding steroid dienone is 2. The van der Waals surface area contributed by atoms with Gasteiger partial charge in [-0.2, -0.15) is 0 Å². The van der Waals surface area contributed by atoms with Crippen LogP contribution in [0.15, 0.2) is 12.2 Å². The van der Waals surface area contributed by atoms with Crippen molar-refractivity contribution in [2.24, 2.45) is 0 Å². The average molecular weight is 172 g/mol. The highest BCUT2D eigenvalue weighted by Gasteiger charge is 1.84. The minimum Gasteiger partial charge on any atom is -0.469 e. The molecule has 0 N–H and O–H groups in total. The molecule has 0 radical (unpaired) electrons. The Kier molecular flexibility index (Phi) is 14.8. The van der Waals surface area contributed by atoms with Gasteiger partial charge in [0, 0.05) is 6.92 Å². The van der Waals surface area contributed by atoms with Crippen molar-refractivity contribution in [2.45, 2.75) is 40.0 Å².